The number of benzene rings is 1. The van der Waals surface area contributed by atoms with Crippen LogP contribution in [0.4, 0.5) is 5.69 Å². The summed E-state index contributed by atoms with van der Waals surface area (Å²) in [4.78, 5) is 26.0. The third-order valence-electron chi connectivity index (χ3n) is 4.15. The molecule has 0 fully saturated rings. The summed E-state index contributed by atoms with van der Waals surface area (Å²) in [5.41, 5.74) is 2.12. The van der Waals surface area contributed by atoms with E-state index in [1.807, 2.05) is 50.4 Å². The minimum atomic E-state index is -0.774. The molecule has 8 heteroatoms. The Morgan fingerprint density at radius 3 is 2.56 bits per heavy atom. The van der Waals surface area contributed by atoms with Crippen molar-refractivity contribution in [3.05, 3.63) is 64.2 Å². The van der Waals surface area contributed by atoms with Gasteiger partial charge in [-0.1, -0.05) is 12.1 Å². The van der Waals surface area contributed by atoms with E-state index in [1.165, 1.54) is 10.7 Å². The fourth-order valence-electron chi connectivity index (χ4n) is 2.76. The third-order valence-corrected chi connectivity index (χ3v) is 4.94. The van der Waals surface area contributed by atoms with Crippen LogP contribution in [0.5, 0.6) is 0 Å². The Bertz CT molecular complexity index is 1040. The summed E-state index contributed by atoms with van der Waals surface area (Å²) in [6.07, 6.45) is 1.94. The number of hydrogen-bond donors (Lipinski definition) is 1. The molecule has 2 heterocycles. The van der Waals surface area contributed by atoms with Gasteiger partial charge in [-0.25, -0.2) is 9.36 Å². The van der Waals surface area contributed by atoms with Gasteiger partial charge in [0.25, 0.3) is 5.56 Å². The molecule has 27 heavy (non-hydrogen) atoms. The number of amides is 1. The maximum atomic E-state index is 12.7. The lowest BCUT2D eigenvalue weighted by molar-refractivity contribution is -0.119. The van der Waals surface area contributed by atoms with Crippen molar-refractivity contribution in [3.63, 3.8) is 0 Å². The SMILES string of the molecule is CSc1ccccc1NC(=O)[C@@H](C)n1nc(-n2nc(C)cc2C)ccc1=O. The molecule has 1 N–H and O–H groups in total. The molecule has 1 amide bonds. The lowest BCUT2D eigenvalue weighted by Gasteiger charge is -2.16. The van der Waals surface area contributed by atoms with Crippen molar-refractivity contribution in [1.29, 1.82) is 0 Å². The third kappa shape index (κ3) is 3.95. The first kappa shape index (κ1) is 18.9. The second kappa shape index (κ2) is 7.79. The minimum Gasteiger partial charge on any atom is -0.323 e. The molecule has 0 aliphatic heterocycles. The minimum absolute atomic E-state index is 0.309. The summed E-state index contributed by atoms with van der Waals surface area (Å²) < 4.78 is 2.84. The molecule has 2 aromatic heterocycles. The van der Waals surface area contributed by atoms with E-state index in [9.17, 15) is 9.59 Å². The van der Waals surface area contributed by atoms with E-state index in [-0.39, 0.29) is 11.5 Å². The second-order valence-electron chi connectivity index (χ2n) is 6.18. The number of thioether (sulfide) groups is 1. The van der Waals surface area contributed by atoms with Crippen LogP contribution in [0.1, 0.15) is 24.4 Å². The summed E-state index contributed by atoms with van der Waals surface area (Å²) in [6.45, 7) is 5.45. The van der Waals surface area contributed by atoms with Gasteiger partial charge in [-0.05, 0) is 51.3 Å². The Morgan fingerprint density at radius 1 is 1.15 bits per heavy atom. The quantitative estimate of drug-likeness (QED) is 0.685. The van der Waals surface area contributed by atoms with Gasteiger partial charge in [0.05, 0.1) is 11.4 Å². The van der Waals surface area contributed by atoms with Gasteiger partial charge in [0.1, 0.15) is 6.04 Å². The van der Waals surface area contributed by atoms with E-state index < -0.39 is 6.04 Å². The monoisotopic (exact) mass is 383 g/mol. The van der Waals surface area contributed by atoms with Crippen LogP contribution in [0.15, 0.2) is 52.2 Å². The number of hydrogen-bond acceptors (Lipinski definition) is 5. The van der Waals surface area contributed by atoms with Crippen molar-refractivity contribution < 1.29 is 4.79 Å². The molecule has 0 saturated carbocycles. The molecule has 3 rings (SSSR count). The highest BCUT2D eigenvalue weighted by Crippen LogP contribution is 2.25. The number of aromatic nitrogens is 4. The van der Waals surface area contributed by atoms with E-state index in [0.29, 0.717) is 11.5 Å². The van der Waals surface area contributed by atoms with E-state index in [0.717, 1.165) is 16.3 Å². The zero-order valence-electron chi connectivity index (χ0n) is 15.6. The van der Waals surface area contributed by atoms with Crippen LogP contribution in [0.25, 0.3) is 5.82 Å². The fraction of sp³-hybridized carbons (Fsp3) is 0.263. The van der Waals surface area contributed by atoms with Crippen LogP contribution >= 0.6 is 11.8 Å². The van der Waals surface area contributed by atoms with E-state index in [1.54, 1.807) is 29.4 Å². The Labute approximate surface area is 161 Å². The fourth-order valence-corrected chi connectivity index (χ4v) is 3.32. The molecule has 3 aromatic rings. The van der Waals surface area contributed by atoms with Crippen molar-refractivity contribution in [1.82, 2.24) is 19.6 Å². The summed E-state index contributed by atoms with van der Waals surface area (Å²) in [6, 6.07) is 11.7. The zero-order chi connectivity index (χ0) is 19.6. The van der Waals surface area contributed by atoms with Crippen LogP contribution in [-0.2, 0) is 4.79 Å². The largest absolute Gasteiger partial charge is 0.323 e. The molecule has 0 aliphatic carbocycles. The van der Waals surface area contributed by atoms with Gasteiger partial charge in [-0.2, -0.15) is 5.10 Å². The van der Waals surface area contributed by atoms with Crippen LogP contribution in [0, 0.1) is 13.8 Å². The Kier molecular flexibility index (Phi) is 5.46. The van der Waals surface area contributed by atoms with Gasteiger partial charge < -0.3 is 5.32 Å². The van der Waals surface area contributed by atoms with Crippen LogP contribution < -0.4 is 10.9 Å². The summed E-state index contributed by atoms with van der Waals surface area (Å²) in [7, 11) is 0. The summed E-state index contributed by atoms with van der Waals surface area (Å²) >= 11 is 1.54. The molecule has 0 bridgehead atoms. The van der Waals surface area contributed by atoms with Crippen molar-refractivity contribution >= 4 is 23.4 Å². The van der Waals surface area contributed by atoms with Gasteiger partial charge in [0, 0.05) is 16.7 Å². The topological polar surface area (TPSA) is 81.8 Å². The van der Waals surface area contributed by atoms with Crippen molar-refractivity contribution in [2.24, 2.45) is 0 Å². The number of rotatable bonds is 5. The van der Waals surface area contributed by atoms with Crippen molar-refractivity contribution in [2.75, 3.05) is 11.6 Å². The maximum Gasteiger partial charge on any atom is 0.267 e. The van der Waals surface area contributed by atoms with Gasteiger partial charge in [-0.3, -0.25) is 9.59 Å². The van der Waals surface area contributed by atoms with Crippen molar-refractivity contribution in [3.8, 4) is 5.82 Å². The Morgan fingerprint density at radius 2 is 1.89 bits per heavy atom. The number of nitrogens with one attached hydrogen (secondary N) is 1. The lowest BCUT2D eigenvalue weighted by Crippen LogP contribution is -2.33. The smallest absolute Gasteiger partial charge is 0.267 e. The molecule has 0 spiro atoms. The number of para-hydroxylation sites is 1. The molecule has 0 unspecified atom stereocenters. The van der Waals surface area contributed by atoms with Gasteiger partial charge in [-0.15, -0.1) is 16.9 Å². The number of aryl methyl sites for hydroxylation is 2. The number of carbonyl (C=O) groups excluding carboxylic acids is 1. The first-order valence-corrected chi connectivity index (χ1v) is 9.70. The van der Waals surface area contributed by atoms with Crippen LogP contribution in [0.2, 0.25) is 0 Å². The average molecular weight is 383 g/mol. The van der Waals surface area contributed by atoms with Crippen LogP contribution in [0.3, 0.4) is 0 Å². The van der Waals surface area contributed by atoms with Gasteiger partial charge >= 0.3 is 0 Å². The average Bonchev–Trinajstić information content (AvgIpc) is 3.00. The van der Waals surface area contributed by atoms with E-state index >= 15 is 0 Å². The zero-order valence-corrected chi connectivity index (χ0v) is 16.4. The summed E-state index contributed by atoms with van der Waals surface area (Å²) in [5, 5.41) is 11.6. The predicted molar refractivity (Wildman–Crippen MR) is 107 cm³/mol. The summed E-state index contributed by atoms with van der Waals surface area (Å²) in [5.74, 6) is 0.181. The highest BCUT2D eigenvalue weighted by Gasteiger charge is 2.19. The molecule has 0 saturated heterocycles. The number of nitrogens with zero attached hydrogens (tertiary/aromatic N) is 4. The van der Waals surface area contributed by atoms with Gasteiger partial charge in [0.15, 0.2) is 5.82 Å². The predicted octanol–water partition coefficient (Wildman–Crippen LogP) is 2.97. The molecule has 1 atom stereocenters. The number of carbonyl (C=O) groups is 1. The molecule has 0 radical (unpaired) electrons. The van der Waals surface area contributed by atoms with E-state index in [2.05, 4.69) is 15.5 Å². The highest BCUT2D eigenvalue weighted by atomic mass is 32.2. The molecule has 140 valence electrons. The first-order valence-electron chi connectivity index (χ1n) is 8.48. The first-order chi connectivity index (χ1) is 12.9. The second-order valence-corrected chi connectivity index (χ2v) is 7.03. The number of anilines is 1. The highest BCUT2D eigenvalue weighted by molar-refractivity contribution is 7.98. The molecule has 0 aliphatic rings. The normalized spacial score (nSPS) is 12.0. The standard InChI is InChI=1S/C19H21N5O2S/c1-12-11-13(2)23(21-12)17-9-10-18(25)24(22-17)14(3)19(26)20-15-7-5-6-8-16(15)27-4/h5-11,14H,1-4H3,(H,20,26)/t14-/m1/s1. The molecular weight excluding hydrogens is 362 g/mol. The van der Waals surface area contributed by atoms with Crippen LogP contribution in [-0.4, -0.2) is 31.7 Å². The van der Waals surface area contributed by atoms with Crippen molar-refractivity contribution in [2.45, 2.75) is 31.7 Å². The Balaban J connectivity index is 1.91. The van der Waals surface area contributed by atoms with E-state index in [4.69, 9.17) is 0 Å². The molecule has 1 aromatic carbocycles. The molecular formula is C19H21N5O2S. The molecule has 7 nitrogen and oxygen atoms in total. The lowest BCUT2D eigenvalue weighted by atomic mass is 10.2. The maximum absolute atomic E-state index is 12.7. The Hall–Kier alpha value is -2.87. The van der Waals surface area contributed by atoms with Gasteiger partial charge in [0.2, 0.25) is 5.91 Å².